The van der Waals surface area contributed by atoms with Gasteiger partial charge < -0.3 is 20.5 Å². The van der Waals surface area contributed by atoms with E-state index >= 15 is 0 Å². The summed E-state index contributed by atoms with van der Waals surface area (Å²) < 4.78 is 6.17. The Morgan fingerprint density at radius 2 is 2.19 bits per heavy atom. The fraction of sp³-hybridized carbons (Fsp3) is 0.429. The summed E-state index contributed by atoms with van der Waals surface area (Å²) in [5, 5.41) is 14.3. The molecule has 0 spiro atoms. The molecule has 1 aliphatic heterocycles. The highest BCUT2D eigenvalue weighted by atomic mass is 79.9. The zero-order valence-electron chi connectivity index (χ0n) is 11.6. The Morgan fingerprint density at radius 3 is 2.81 bits per heavy atom. The van der Waals surface area contributed by atoms with Crippen molar-refractivity contribution in [2.24, 2.45) is 0 Å². The minimum Gasteiger partial charge on any atom is -0.478 e. The van der Waals surface area contributed by atoms with Crippen LogP contribution in [0.25, 0.3) is 0 Å². The minimum atomic E-state index is -1.05. The lowest BCUT2D eigenvalue weighted by atomic mass is 10.0. The average molecular weight is 357 g/mol. The first-order valence-electron chi connectivity index (χ1n) is 6.61. The van der Waals surface area contributed by atoms with Gasteiger partial charge in [0.1, 0.15) is 0 Å². The molecular weight excluding hydrogens is 340 g/mol. The number of hydrogen-bond donors (Lipinski definition) is 3. The lowest BCUT2D eigenvalue weighted by Gasteiger charge is -2.23. The van der Waals surface area contributed by atoms with Crippen LogP contribution in [0.15, 0.2) is 22.7 Å². The molecule has 1 aromatic rings. The van der Waals surface area contributed by atoms with Crippen LogP contribution in [-0.2, 0) is 4.74 Å². The van der Waals surface area contributed by atoms with Crippen LogP contribution >= 0.6 is 15.9 Å². The summed E-state index contributed by atoms with van der Waals surface area (Å²) in [5.74, 6) is -1.05. The molecule has 1 atom stereocenters. The highest BCUT2D eigenvalue weighted by Gasteiger charge is 2.29. The number of rotatable bonds is 4. The predicted octanol–water partition coefficient (Wildman–Crippen LogP) is 2.84. The number of carbonyl (C=O) groups is 2. The first-order valence-corrected chi connectivity index (χ1v) is 7.40. The van der Waals surface area contributed by atoms with E-state index in [0.29, 0.717) is 23.3 Å². The fourth-order valence-corrected chi connectivity index (χ4v) is 2.70. The fourth-order valence-electron chi connectivity index (χ4n) is 2.20. The number of anilines is 1. The summed E-state index contributed by atoms with van der Waals surface area (Å²) in [5.41, 5.74) is 0.198. The van der Waals surface area contributed by atoms with Crippen molar-refractivity contribution >= 4 is 33.6 Å². The van der Waals surface area contributed by atoms with E-state index < -0.39 is 5.97 Å². The average Bonchev–Trinajstić information content (AvgIpc) is 2.83. The van der Waals surface area contributed by atoms with Crippen LogP contribution in [0, 0.1) is 0 Å². The third-order valence-electron chi connectivity index (χ3n) is 3.33. The molecule has 0 radical (unpaired) electrons. The molecule has 1 heterocycles. The molecule has 21 heavy (non-hydrogen) atoms. The van der Waals surface area contributed by atoms with Crippen molar-refractivity contribution in [2.45, 2.75) is 25.4 Å². The van der Waals surface area contributed by atoms with Gasteiger partial charge in [0.05, 0.1) is 11.2 Å². The van der Waals surface area contributed by atoms with Crippen molar-refractivity contribution in [3.05, 3.63) is 28.2 Å². The standard InChI is InChI=1S/C14H17BrN2O4/c1-14(3-2-4-21-14)8-16-13(20)17-11-6-9(12(18)19)5-10(15)7-11/h5-7H,2-4,8H2,1H3,(H,18,19)(H2,16,17,20). The van der Waals surface area contributed by atoms with Crippen LogP contribution < -0.4 is 10.6 Å². The largest absolute Gasteiger partial charge is 0.478 e. The van der Waals surface area contributed by atoms with E-state index in [1.807, 2.05) is 6.92 Å². The quantitative estimate of drug-likeness (QED) is 0.773. The summed E-state index contributed by atoms with van der Waals surface area (Å²) in [6.07, 6.45) is 1.90. The van der Waals surface area contributed by atoms with Crippen LogP contribution in [0.1, 0.15) is 30.1 Å². The van der Waals surface area contributed by atoms with E-state index in [0.717, 1.165) is 12.8 Å². The summed E-state index contributed by atoms with van der Waals surface area (Å²) >= 11 is 3.22. The third-order valence-corrected chi connectivity index (χ3v) is 3.78. The molecular formula is C14H17BrN2O4. The van der Waals surface area contributed by atoms with E-state index in [-0.39, 0.29) is 17.2 Å². The number of ether oxygens (including phenoxy) is 1. The van der Waals surface area contributed by atoms with Gasteiger partial charge in [0, 0.05) is 23.3 Å². The number of aromatic carboxylic acids is 1. The lowest BCUT2D eigenvalue weighted by Crippen LogP contribution is -2.41. The molecule has 0 aliphatic carbocycles. The molecule has 6 nitrogen and oxygen atoms in total. The Labute approximate surface area is 131 Å². The van der Waals surface area contributed by atoms with Crippen LogP contribution in [0.4, 0.5) is 10.5 Å². The van der Waals surface area contributed by atoms with E-state index in [4.69, 9.17) is 9.84 Å². The summed E-state index contributed by atoms with van der Waals surface area (Å²) in [7, 11) is 0. The second-order valence-electron chi connectivity index (χ2n) is 5.24. The molecule has 0 saturated carbocycles. The topological polar surface area (TPSA) is 87.7 Å². The highest BCUT2D eigenvalue weighted by Crippen LogP contribution is 2.24. The van der Waals surface area contributed by atoms with Crippen LogP contribution in [-0.4, -0.2) is 35.9 Å². The number of hydrogen-bond acceptors (Lipinski definition) is 3. The molecule has 1 unspecified atom stereocenters. The molecule has 0 bridgehead atoms. The number of carboxylic acids is 1. The van der Waals surface area contributed by atoms with Gasteiger partial charge in [-0.15, -0.1) is 0 Å². The van der Waals surface area contributed by atoms with Crippen LogP contribution in [0.2, 0.25) is 0 Å². The Hall–Kier alpha value is -1.60. The van der Waals surface area contributed by atoms with Crippen molar-refractivity contribution in [1.82, 2.24) is 5.32 Å². The molecule has 0 aromatic heterocycles. The van der Waals surface area contributed by atoms with E-state index in [9.17, 15) is 9.59 Å². The van der Waals surface area contributed by atoms with Crippen molar-refractivity contribution in [1.29, 1.82) is 0 Å². The van der Waals surface area contributed by atoms with Crippen molar-refractivity contribution in [2.75, 3.05) is 18.5 Å². The maximum absolute atomic E-state index is 11.9. The molecule has 3 N–H and O–H groups in total. The van der Waals surface area contributed by atoms with Gasteiger partial charge in [0.2, 0.25) is 0 Å². The van der Waals surface area contributed by atoms with Gasteiger partial charge >= 0.3 is 12.0 Å². The third kappa shape index (κ3) is 4.44. The Balaban J connectivity index is 1.94. The molecule has 7 heteroatoms. The first kappa shape index (κ1) is 15.8. The number of halogens is 1. The smallest absolute Gasteiger partial charge is 0.335 e. The van der Waals surface area contributed by atoms with Crippen LogP contribution in [0.3, 0.4) is 0 Å². The predicted molar refractivity (Wildman–Crippen MR) is 81.7 cm³/mol. The second kappa shape index (κ2) is 6.44. The number of nitrogens with one attached hydrogen (secondary N) is 2. The zero-order valence-corrected chi connectivity index (χ0v) is 13.2. The normalized spacial score (nSPS) is 21.0. The Bertz CT molecular complexity index is 556. The van der Waals surface area contributed by atoms with E-state index in [1.54, 1.807) is 6.07 Å². The van der Waals surface area contributed by atoms with Gasteiger partial charge in [-0.25, -0.2) is 9.59 Å². The molecule has 2 amide bonds. The molecule has 1 aliphatic rings. The number of benzene rings is 1. The lowest BCUT2D eigenvalue weighted by molar-refractivity contribution is 0.0232. The van der Waals surface area contributed by atoms with Crippen molar-refractivity contribution in [3.63, 3.8) is 0 Å². The minimum absolute atomic E-state index is 0.103. The highest BCUT2D eigenvalue weighted by molar-refractivity contribution is 9.10. The van der Waals surface area contributed by atoms with Gasteiger partial charge in [0.25, 0.3) is 0 Å². The molecule has 114 valence electrons. The number of amides is 2. The summed E-state index contributed by atoms with van der Waals surface area (Å²) in [6.45, 7) is 3.09. The van der Waals surface area contributed by atoms with Crippen LogP contribution in [0.5, 0.6) is 0 Å². The second-order valence-corrected chi connectivity index (χ2v) is 6.16. The first-order chi connectivity index (χ1) is 9.88. The van der Waals surface area contributed by atoms with Gasteiger partial charge in [0.15, 0.2) is 0 Å². The Kier molecular flexibility index (Phi) is 4.84. The van der Waals surface area contributed by atoms with Gasteiger partial charge in [-0.1, -0.05) is 15.9 Å². The maximum atomic E-state index is 11.9. The summed E-state index contributed by atoms with van der Waals surface area (Å²) in [4.78, 5) is 22.8. The molecule has 2 rings (SSSR count). The van der Waals surface area contributed by atoms with Gasteiger partial charge in [-0.2, -0.15) is 0 Å². The van der Waals surface area contributed by atoms with Gasteiger partial charge in [-0.05, 0) is 38.0 Å². The molecule has 1 fully saturated rings. The Morgan fingerprint density at radius 1 is 1.43 bits per heavy atom. The van der Waals surface area contributed by atoms with Gasteiger partial charge in [-0.3, -0.25) is 0 Å². The monoisotopic (exact) mass is 356 g/mol. The maximum Gasteiger partial charge on any atom is 0.335 e. The van der Waals surface area contributed by atoms with Crippen molar-refractivity contribution in [3.8, 4) is 0 Å². The molecule has 1 saturated heterocycles. The number of carboxylic acid groups (broad SMARTS) is 1. The zero-order chi connectivity index (χ0) is 15.5. The van der Waals surface area contributed by atoms with E-state index in [1.165, 1.54) is 12.1 Å². The molecule has 1 aromatic carbocycles. The number of carbonyl (C=O) groups excluding carboxylic acids is 1. The number of urea groups is 1. The van der Waals surface area contributed by atoms with E-state index in [2.05, 4.69) is 26.6 Å². The summed E-state index contributed by atoms with van der Waals surface area (Å²) in [6, 6.07) is 4.13. The van der Waals surface area contributed by atoms with Crippen molar-refractivity contribution < 1.29 is 19.4 Å². The SMILES string of the molecule is CC1(CNC(=O)Nc2cc(Br)cc(C(=O)O)c2)CCCO1.